The first kappa shape index (κ1) is 11.7. The van der Waals surface area contributed by atoms with E-state index in [4.69, 9.17) is 5.11 Å². The van der Waals surface area contributed by atoms with E-state index in [1.54, 1.807) is 25.3 Å². The van der Waals surface area contributed by atoms with Gasteiger partial charge in [-0.15, -0.1) is 0 Å². The zero-order valence-corrected chi connectivity index (χ0v) is 10.5. The lowest BCUT2D eigenvalue weighted by molar-refractivity contribution is 0.0690. The normalized spacial score (nSPS) is 10.2. The molecule has 0 aromatic carbocycles. The van der Waals surface area contributed by atoms with Gasteiger partial charge in [0.15, 0.2) is 11.5 Å². The minimum absolute atomic E-state index is 0.0370. The standard InChI is InChI=1S/C11H8BrN3O2/c1-6-5-8(11(16)17)15-10(14-6)9-7(12)3-2-4-13-9/h2-5H,1H3,(H,16,17). The summed E-state index contributed by atoms with van der Waals surface area (Å²) in [5.41, 5.74) is 1.08. The van der Waals surface area contributed by atoms with Gasteiger partial charge in [0.1, 0.15) is 5.69 Å². The van der Waals surface area contributed by atoms with Gasteiger partial charge in [-0.25, -0.2) is 14.8 Å². The van der Waals surface area contributed by atoms with E-state index < -0.39 is 5.97 Å². The Labute approximate surface area is 106 Å². The number of carboxylic acid groups (broad SMARTS) is 1. The maximum atomic E-state index is 10.9. The molecule has 0 saturated heterocycles. The molecule has 0 radical (unpaired) electrons. The number of aryl methyl sites for hydroxylation is 1. The molecule has 1 N–H and O–H groups in total. The van der Waals surface area contributed by atoms with Crippen LogP contribution in [0.4, 0.5) is 0 Å². The average Bonchev–Trinajstić information content (AvgIpc) is 2.28. The van der Waals surface area contributed by atoms with Crippen LogP contribution < -0.4 is 0 Å². The molecule has 0 spiro atoms. The van der Waals surface area contributed by atoms with Crippen LogP contribution >= 0.6 is 15.9 Å². The lowest BCUT2D eigenvalue weighted by atomic mass is 10.3. The second-order valence-electron chi connectivity index (χ2n) is 3.36. The molecule has 17 heavy (non-hydrogen) atoms. The Bertz CT molecular complexity index is 587. The third kappa shape index (κ3) is 2.47. The van der Waals surface area contributed by atoms with Crippen LogP contribution in [0.25, 0.3) is 11.5 Å². The van der Waals surface area contributed by atoms with E-state index in [0.29, 0.717) is 17.2 Å². The summed E-state index contributed by atoms with van der Waals surface area (Å²) in [4.78, 5) is 23.2. The van der Waals surface area contributed by atoms with Gasteiger partial charge in [0, 0.05) is 16.4 Å². The van der Waals surface area contributed by atoms with E-state index >= 15 is 0 Å². The fourth-order valence-electron chi connectivity index (χ4n) is 1.33. The summed E-state index contributed by atoms with van der Waals surface area (Å²) in [5, 5.41) is 8.93. The first-order valence-corrected chi connectivity index (χ1v) is 5.57. The van der Waals surface area contributed by atoms with Crippen molar-refractivity contribution in [3.05, 3.63) is 40.3 Å². The van der Waals surface area contributed by atoms with Crippen molar-refractivity contribution in [1.82, 2.24) is 15.0 Å². The Morgan fingerprint density at radius 3 is 2.82 bits per heavy atom. The van der Waals surface area contributed by atoms with Gasteiger partial charge in [0.25, 0.3) is 0 Å². The van der Waals surface area contributed by atoms with E-state index in [9.17, 15) is 4.79 Å². The van der Waals surface area contributed by atoms with Crippen LogP contribution in [0.3, 0.4) is 0 Å². The van der Waals surface area contributed by atoms with Crippen molar-refractivity contribution in [3.8, 4) is 11.5 Å². The maximum Gasteiger partial charge on any atom is 0.354 e. The van der Waals surface area contributed by atoms with E-state index in [1.807, 2.05) is 0 Å². The van der Waals surface area contributed by atoms with Gasteiger partial charge in [-0.3, -0.25) is 4.98 Å². The van der Waals surface area contributed by atoms with Crippen LogP contribution in [0, 0.1) is 6.92 Å². The number of carbonyl (C=O) groups is 1. The van der Waals surface area contributed by atoms with Crippen molar-refractivity contribution < 1.29 is 9.90 Å². The van der Waals surface area contributed by atoms with Crippen molar-refractivity contribution in [2.24, 2.45) is 0 Å². The van der Waals surface area contributed by atoms with Crippen LogP contribution in [0.2, 0.25) is 0 Å². The minimum atomic E-state index is -1.08. The number of hydrogen-bond donors (Lipinski definition) is 1. The summed E-state index contributed by atoms with van der Waals surface area (Å²) >= 11 is 3.33. The largest absolute Gasteiger partial charge is 0.477 e. The van der Waals surface area contributed by atoms with Crippen LogP contribution in [0.5, 0.6) is 0 Å². The summed E-state index contributed by atoms with van der Waals surface area (Å²) in [6.07, 6.45) is 1.60. The molecule has 0 bridgehead atoms. The quantitative estimate of drug-likeness (QED) is 0.919. The zero-order chi connectivity index (χ0) is 12.4. The summed E-state index contributed by atoms with van der Waals surface area (Å²) in [5.74, 6) is -0.779. The summed E-state index contributed by atoms with van der Waals surface area (Å²) < 4.78 is 0.724. The number of nitrogens with zero attached hydrogens (tertiary/aromatic N) is 3. The number of hydrogen-bond acceptors (Lipinski definition) is 4. The Hall–Kier alpha value is -1.82. The molecule has 0 aliphatic heterocycles. The van der Waals surface area contributed by atoms with Gasteiger partial charge >= 0.3 is 5.97 Å². The topological polar surface area (TPSA) is 76.0 Å². The van der Waals surface area contributed by atoms with Gasteiger partial charge in [-0.2, -0.15) is 0 Å². The molecule has 86 valence electrons. The molecule has 2 rings (SSSR count). The highest BCUT2D eigenvalue weighted by atomic mass is 79.9. The highest BCUT2D eigenvalue weighted by Gasteiger charge is 2.12. The van der Waals surface area contributed by atoms with Crippen molar-refractivity contribution in [2.75, 3.05) is 0 Å². The van der Waals surface area contributed by atoms with Crippen molar-refractivity contribution in [2.45, 2.75) is 6.92 Å². The van der Waals surface area contributed by atoms with Crippen molar-refractivity contribution in [3.63, 3.8) is 0 Å². The minimum Gasteiger partial charge on any atom is -0.477 e. The molecule has 0 saturated carbocycles. The first-order valence-electron chi connectivity index (χ1n) is 4.78. The molecule has 2 heterocycles. The number of halogens is 1. The fourth-order valence-corrected chi connectivity index (χ4v) is 1.77. The maximum absolute atomic E-state index is 10.9. The molecule has 0 aliphatic rings. The molecule has 5 nitrogen and oxygen atoms in total. The molecule has 0 atom stereocenters. The Morgan fingerprint density at radius 2 is 2.18 bits per heavy atom. The summed E-state index contributed by atoms with van der Waals surface area (Å²) in [6.45, 7) is 1.72. The molecule has 2 aromatic heterocycles. The Morgan fingerprint density at radius 1 is 1.41 bits per heavy atom. The van der Waals surface area contributed by atoms with Gasteiger partial charge in [0.2, 0.25) is 0 Å². The fraction of sp³-hybridized carbons (Fsp3) is 0.0909. The van der Waals surface area contributed by atoms with Gasteiger partial charge in [-0.05, 0) is 41.1 Å². The monoisotopic (exact) mass is 293 g/mol. The molecule has 0 aliphatic carbocycles. The van der Waals surface area contributed by atoms with Gasteiger partial charge in [0.05, 0.1) is 0 Å². The van der Waals surface area contributed by atoms with E-state index in [-0.39, 0.29) is 5.69 Å². The van der Waals surface area contributed by atoms with Crippen molar-refractivity contribution in [1.29, 1.82) is 0 Å². The third-order valence-electron chi connectivity index (χ3n) is 2.04. The third-order valence-corrected chi connectivity index (χ3v) is 2.68. The molecule has 0 fully saturated rings. The highest BCUT2D eigenvalue weighted by Crippen LogP contribution is 2.22. The van der Waals surface area contributed by atoms with Gasteiger partial charge in [-0.1, -0.05) is 0 Å². The van der Waals surface area contributed by atoms with E-state index in [1.165, 1.54) is 6.07 Å². The molecular weight excluding hydrogens is 286 g/mol. The van der Waals surface area contributed by atoms with Crippen LogP contribution in [-0.4, -0.2) is 26.0 Å². The summed E-state index contributed by atoms with van der Waals surface area (Å²) in [7, 11) is 0. The number of aromatic nitrogens is 3. The Kier molecular flexibility index (Phi) is 3.14. The molecule has 0 unspecified atom stereocenters. The van der Waals surface area contributed by atoms with Crippen LogP contribution in [-0.2, 0) is 0 Å². The molecule has 0 amide bonds. The molecular formula is C11H8BrN3O2. The number of carboxylic acids is 1. The number of rotatable bonds is 2. The number of aromatic carboxylic acids is 1. The second kappa shape index (κ2) is 4.58. The van der Waals surface area contributed by atoms with Crippen molar-refractivity contribution >= 4 is 21.9 Å². The lowest BCUT2D eigenvalue weighted by Crippen LogP contribution is -2.05. The lowest BCUT2D eigenvalue weighted by Gasteiger charge is -2.04. The number of pyridine rings is 1. The highest BCUT2D eigenvalue weighted by molar-refractivity contribution is 9.10. The average molecular weight is 294 g/mol. The van der Waals surface area contributed by atoms with E-state index in [2.05, 4.69) is 30.9 Å². The predicted octanol–water partition coefficient (Wildman–Crippen LogP) is 2.31. The predicted molar refractivity (Wildman–Crippen MR) is 64.7 cm³/mol. The Balaban J connectivity index is 2.60. The first-order chi connectivity index (χ1) is 8.08. The smallest absolute Gasteiger partial charge is 0.354 e. The van der Waals surface area contributed by atoms with E-state index in [0.717, 1.165) is 4.47 Å². The van der Waals surface area contributed by atoms with Crippen LogP contribution in [0.1, 0.15) is 16.2 Å². The SMILES string of the molecule is Cc1cc(C(=O)O)nc(-c2ncccc2Br)n1. The van der Waals surface area contributed by atoms with Gasteiger partial charge < -0.3 is 5.11 Å². The summed E-state index contributed by atoms with van der Waals surface area (Å²) in [6, 6.07) is 4.98. The molecule has 6 heteroatoms. The zero-order valence-electron chi connectivity index (χ0n) is 8.88. The second-order valence-corrected chi connectivity index (χ2v) is 4.21. The molecule has 2 aromatic rings. The van der Waals surface area contributed by atoms with Crippen LogP contribution in [0.15, 0.2) is 28.9 Å².